The third kappa shape index (κ3) is 5.35. The molecule has 8 heteroatoms. The van der Waals surface area contributed by atoms with Gasteiger partial charge in [-0.05, 0) is 29.3 Å². The van der Waals surface area contributed by atoms with Crippen LogP contribution in [-0.2, 0) is 11.2 Å². The van der Waals surface area contributed by atoms with Crippen molar-refractivity contribution in [2.24, 2.45) is 0 Å². The lowest BCUT2D eigenvalue weighted by Crippen LogP contribution is -2.14. The summed E-state index contributed by atoms with van der Waals surface area (Å²) < 4.78 is 10.9. The number of aromatic nitrogens is 4. The molecule has 8 nitrogen and oxygen atoms in total. The van der Waals surface area contributed by atoms with E-state index in [9.17, 15) is 4.79 Å². The van der Waals surface area contributed by atoms with Gasteiger partial charge in [-0.25, -0.2) is 4.98 Å². The number of aromatic amines is 1. The van der Waals surface area contributed by atoms with Crippen molar-refractivity contribution in [2.45, 2.75) is 6.42 Å². The highest BCUT2D eigenvalue weighted by Gasteiger charge is 2.14. The standard InChI is InChI=1S/C24H23N5O3/c1-31-13-14-32-20-10-6-5-9-19(20)18-11-12-25-21(16-18)27-24(30)23-26-22(28-29-23)15-17-7-3-2-4-8-17/h2-12,16H,13-15H2,1H3,(H,25,27,30)(H,26,28,29). The third-order valence-corrected chi connectivity index (χ3v) is 4.71. The normalized spacial score (nSPS) is 10.7. The number of nitrogens with zero attached hydrogens (tertiary/aromatic N) is 3. The van der Waals surface area contributed by atoms with E-state index < -0.39 is 5.91 Å². The van der Waals surface area contributed by atoms with Crippen LogP contribution >= 0.6 is 0 Å². The highest BCUT2D eigenvalue weighted by Crippen LogP contribution is 2.30. The van der Waals surface area contributed by atoms with Gasteiger partial charge in [0, 0.05) is 25.3 Å². The Hall–Kier alpha value is -4.04. The van der Waals surface area contributed by atoms with Gasteiger partial charge in [0.25, 0.3) is 5.91 Å². The lowest BCUT2D eigenvalue weighted by atomic mass is 10.1. The highest BCUT2D eigenvalue weighted by atomic mass is 16.5. The SMILES string of the molecule is COCCOc1ccccc1-c1ccnc(NC(=O)c2nnc(Cc3ccccc3)[nH]2)c1. The molecule has 0 aliphatic carbocycles. The van der Waals surface area contributed by atoms with Crippen LogP contribution < -0.4 is 10.1 Å². The number of carbonyl (C=O) groups is 1. The molecule has 0 aliphatic rings. The maximum atomic E-state index is 12.6. The molecule has 4 aromatic rings. The third-order valence-electron chi connectivity index (χ3n) is 4.71. The number of amides is 1. The van der Waals surface area contributed by atoms with E-state index in [0.29, 0.717) is 31.3 Å². The average molecular weight is 429 g/mol. The molecule has 2 aromatic carbocycles. The van der Waals surface area contributed by atoms with E-state index in [1.807, 2.05) is 60.7 Å². The number of hydrogen-bond acceptors (Lipinski definition) is 6. The van der Waals surface area contributed by atoms with Crippen LogP contribution in [0.2, 0.25) is 0 Å². The van der Waals surface area contributed by atoms with Crippen LogP contribution in [0.1, 0.15) is 22.0 Å². The lowest BCUT2D eigenvalue weighted by molar-refractivity contribution is 0.101. The Balaban J connectivity index is 1.46. The fourth-order valence-electron chi connectivity index (χ4n) is 3.18. The first-order chi connectivity index (χ1) is 15.7. The van der Waals surface area contributed by atoms with Crippen molar-refractivity contribution in [1.82, 2.24) is 20.2 Å². The van der Waals surface area contributed by atoms with Crippen LogP contribution in [0.4, 0.5) is 5.82 Å². The van der Waals surface area contributed by atoms with Crippen LogP contribution in [0.3, 0.4) is 0 Å². The summed E-state index contributed by atoms with van der Waals surface area (Å²) in [5.41, 5.74) is 2.84. The molecule has 0 unspecified atom stereocenters. The van der Waals surface area contributed by atoms with E-state index in [4.69, 9.17) is 9.47 Å². The number of carbonyl (C=O) groups excluding carboxylic acids is 1. The second-order valence-corrected chi connectivity index (χ2v) is 7.00. The molecule has 0 aliphatic heterocycles. The first-order valence-corrected chi connectivity index (χ1v) is 10.2. The summed E-state index contributed by atoms with van der Waals surface area (Å²) in [4.78, 5) is 19.9. The van der Waals surface area contributed by atoms with Gasteiger partial charge in [-0.15, -0.1) is 10.2 Å². The zero-order valence-electron chi connectivity index (χ0n) is 17.6. The number of para-hydroxylation sites is 1. The number of benzene rings is 2. The Morgan fingerprint density at radius 3 is 2.66 bits per heavy atom. The molecule has 2 aromatic heterocycles. The van der Waals surface area contributed by atoms with Gasteiger partial charge in [-0.1, -0.05) is 48.5 Å². The molecule has 0 saturated carbocycles. The van der Waals surface area contributed by atoms with Crippen molar-refractivity contribution in [3.63, 3.8) is 0 Å². The van der Waals surface area contributed by atoms with Crippen molar-refractivity contribution >= 4 is 11.7 Å². The zero-order valence-corrected chi connectivity index (χ0v) is 17.6. The summed E-state index contributed by atoms with van der Waals surface area (Å²) in [5.74, 6) is 1.47. The molecule has 162 valence electrons. The fourth-order valence-corrected chi connectivity index (χ4v) is 3.18. The molecule has 1 amide bonds. The van der Waals surface area contributed by atoms with Crippen LogP contribution in [-0.4, -0.2) is 46.4 Å². The van der Waals surface area contributed by atoms with Gasteiger partial charge >= 0.3 is 0 Å². The predicted molar refractivity (Wildman–Crippen MR) is 121 cm³/mol. The van der Waals surface area contributed by atoms with Crippen molar-refractivity contribution in [2.75, 3.05) is 25.6 Å². The van der Waals surface area contributed by atoms with E-state index in [2.05, 4.69) is 25.5 Å². The predicted octanol–water partition coefficient (Wildman–Crippen LogP) is 3.74. The number of pyridine rings is 1. The Morgan fingerprint density at radius 2 is 1.81 bits per heavy atom. The molecular weight excluding hydrogens is 406 g/mol. The minimum atomic E-state index is -0.411. The molecule has 0 spiro atoms. The topological polar surface area (TPSA) is 102 Å². The minimum Gasteiger partial charge on any atom is -0.491 e. The quantitative estimate of drug-likeness (QED) is 0.393. The van der Waals surface area contributed by atoms with Gasteiger partial charge in [0.15, 0.2) is 0 Å². The highest BCUT2D eigenvalue weighted by molar-refractivity contribution is 6.01. The van der Waals surface area contributed by atoms with Crippen LogP contribution in [0.15, 0.2) is 72.9 Å². The molecule has 2 heterocycles. The van der Waals surface area contributed by atoms with Gasteiger partial charge in [0.1, 0.15) is 24.0 Å². The molecular formula is C24H23N5O3. The Morgan fingerprint density at radius 1 is 1.00 bits per heavy atom. The Bertz CT molecular complexity index is 1180. The van der Waals surface area contributed by atoms with Gasteiger partial charge in [0.05, 0.1) is 6.61 Å². The van der Waals surface area contributed by atoms with Gasteiger partial charge < -0.3 is 19.8 Å². The number of H-pyrrole nitrogens is 1. The number of ether oxygens (including phenoxy) is 2. The molecule has 2 N–H and O–H groups in total. The number of methoxy groups -OCH3 is 1. The number of nitrogens with one attached hydrogen (secondary N) is 2. The Kier molecular flexibility index (Phi) is 6.84. The smallest absolute Gasteiger partial charge is 0.294 e. The van der Waals surface area contributed by atoms with Crippen molar-refractivity contribution in [3.8, 4) is 16.9 Å². The summed E-state index contributed by atoms with van der Waals surface area (Å²) in [7, 11) is 1.63. The maximum absolute atomic E-state index is 12.6. The average Bonchev–Trinajstić information content (AvgIpc) is 3.29. The summed E-state index contributed by atoms with van der Waals surface area (Å²) in [5, 5.41) is 10.8. The second kappa shape index (κ2) is 10.3. The van der Waals surface area contributed by atoms with Crippen molar-refractivity contribution in [1.29, 1.82) is 0 Å². The van der Waals surface area contributed by atoms with Crippen molar-refractivity contribution < 1.29 is 14.3 Å². The largest absolute Gasteiger partial charge is 0.491 e. The molecule has 32 heavy (non-hydrogen) atoms. The lowest BCUT2D eigenvalue weighted by Gasteiger charge is -2.12. The van der Waals surface area contributed by atoms with Gasteiger partial charge in [-0.3, -0.25) is 4.79 Å². The molecule has 4 rings (SSSR count). The monoisotopic (exact) mass is 429 g/mol. The summed E-state index contributed by atoms with van der Waals surface area (Å²) >= 11 is 0. The summed E-state index contributed by atoms with van der Waals surface area (Å²) in [6.07, 6.45) is 2.20. The maximum Gasteiger partial charge on any atom is 0.294 e. The Labute approximate surface area is 185 Å². The fraction of sp³-hybridized carbons (Fsp3) is 0.167. The first-order valence-electron chi connectivity index (χ1n) is 10.2. The van der Waals surface area contributed by atoms with Gasteiger partial charge in [-0.2, -0.15) is 0 Å². The van der Waals surface area contributed by atoms with Gasteiger partial charge in [0.2, 0.25) is 5.82 Å². The van der Waals surface area contributed by atoms with E-state index >= 15 is 0 Å². The molecule has 0 fully saturated rings. The second-order valence-electron chi connectivity index (χ2n) is 7.00. The number of rotatable bonds is 9. The molecule has 0 radical (unpaired) electrons. The van der Waals surface area contributed by atoms with Crippen molar-refractivity contribution in [3.05, 3.63) is 90.1 Å². The number of anilines is 1. The minimum absolute atomic E-state index is 0.131. The number of hydrogen-bond donors (Lipinski definition) is 2. The zero-order chi connectivity index (χ0) is 22.2. The molecule has 0 bridgehead atoms. The van der Waals surface area contributed by atoms with Crippen LogP contribution in [0.5, 0.6) is 5.75 Å². The van der Waals surface area contributed by atoms with Crippen LogP contribution in [0, 0.1) is 0 Å². The van der Waals surface area contributed by atoms with Crippen LogP contribution in [0.25, 0.3) is 11.1 Å². The molecule has 0 saturated heterocycles. The summed E-state index contributed by atoms with van der Waals surface area (Å²) in [6, 6.07) is 21.2. The van der Waals surface area contributed by atoms with E-state index in [-0.39, 0.29) is 5.82 Å². The van der Waals surface area contributed by atoms with E-state index in [1.54, 1.807) is 19.4 Å². The summed E-state index contributed by atoms with van der Waals surface area (Å²) in [6.45, 7) is 0.939. The molecule has 0 atom stereocenters. The first kappa shape index (κ1) is 21.2. The van der Waals surface area contributed by atoms with E-state index in [0.717, 1.165) is 22.4 Å². The van der Waals surface area contributed by atoms with E-state index in [1.165, 1.54) is 0 Å².